The van der Waals surface area contributed by atoms with E-state index in [1.807, 2.05) is 0 Å². The van der Waals surface area contributed by atoms with Crippen molar-refractivity contribution in [1.82, 2.24) is 39.5 Å². The molecular formula is C42H64Cl2N10O15P2. The molecule has 6 N–H and O–H groups in total. The molecule has 0 amide bonds. The predicted molar refractivity (Wildman–Crippen MR) is 262 cm³/mol. The molecule has 0 fully saturated rings. The maximum absolute atomic E-state index is 13.2. The van der Waals surface area contributed by atoms with Crippen LogP contribution in [-0.4, -0.2) is 115 Å². The molecule has 29 heteroatoms. The number of carbonyl (C=O) groups is 4. The quantitative estimate of drug-likeness (QED) is 0.0178. The van der Waals surface area contributed by atoms with Gasteiger partial charge >= 0.3 is 39.1 Å². The first-order chi connectivity index (χ1) is 32.7. The summed E-state index contributed by atoms with van der Waals surface area (Å²) in [6.07, 6.45) is 8.64. The number of ether oxygens (including phenoxy) is 4. The van der Waals surface area contributed by atoms with E-state index in [-0.39, 0.29) is 36.0 Å². The average molecular weight is 1080 g/mol. The van der Waals surface area contributed by atoms with Gasteiger partial charge < -0.3 is 45.1 Å². The fourth-order valence-corrected chi connectivity index (χ4v) is 7.02. The zero-order valence-electron chi connectivity index (χ0n) is 41.7. The topological polar surface area (TPSA) is 347 Å². The predicted octanol–water partition coefficient (Wildman–Crippen LogP) is 7.38. The lowest BCUT2D eigenvalue weighted by Gasteiger charge is -2.21. The van der Waals surface area contributed by atoms with Crippen LogP contribution in [-0.2, 0) is 71.9 Å². The lowest BCUT2D eigenvalue weighted by molar-refractivity contribution is -0.163. The third kappa shape index (κ3) is 22.1. The molecule has 0 aliphatic carbocycles. The van der Waals surface area contributed by atoms with Crippen LogP contribution in [0.5, 0.6) is 0 Å². The number of hydrogen-bond acceptors (Lipinski definition) is 23. The number of aromatic nitrogens is 8. The third-order valence-electron chi connectivity index (χ3n) is 8.30. The minimum absolute atomic E-state index is 0.00846. The van der Waals surface area contributed by atoms with Gasteiger partial charge in [0.2, 0.25) is 39.1 Å². The van der Waals surface area contributed by atoms with Gasteiger partial charge in [-0.1, -0.05) is 47.5 Å². The number of nitrogens with zero attached hydrogens (tertiary/aromatic N) is 7. The molecule has 0 radical (unpaired) electrons. The van der Waals surface area contributed by atoms with Crippen LogP contribution in [0.1, 0.15) is 83.1 Å². The number of aliphatic hydroxyl groups excluding tert-OH is 1. The summed E-state index contributed by atoms with van der Waals surface area (Å²) < 4.78 is 68.0. The lowest BCUT2D eigenvalue weighted by Crippen LogP contribution is -2.25. The molecule has 4 rings (SSSR count). The Balaban J connectivity index is 0.000000413. The number of nitrogens with one attached hydrogen (secondary N) is 1. The van der Waals surface area contributed by atoms with Crippen LogP contribution in [0.25, 0.3) is 22.3 Å². The summed E-state index contributed by atoms with van der Waals surface area (Å²) in [5, 5.41) is 9.17. The molecule has 0 saturated heterocycles. The summed E-state index contributed by atoms with van der Waals surface area (Å²) in [5.74, 6) is -1.98. The molecule has 25 nitrogen and oxygen atoms in total. The Morgan fingerprint density at radius 1 is 0.620 bits per heavy atom. The number of halogens is 2. The van der Waals surface area contributed by atoms with Gasteiger partial charge in [-0.3, -0.25) is 46.4 Å². The van der Waals surface area contributed by atoms with Gasteiger partial charge in [-0.15, -0.1) is 0 Å². The third-order valence-corrected chi connectivity index (χ3v) is 12.2. The molecule has 396 valence electrons. The number of carbonyl (C=O) groups excluding carboxylic acids is 4. The van der Waals surface area contributed by atoms with Crippen LogP contribution >= 0.6 is 38.4 Å². The molecule has 0 atom stereocenters. The molecular weight excluding hydrogens is 1020 g/mol. The first-order valence-electron chi connectivity index (χ1n) is 21.3. The fourth-order valence-electron chi connectivity index (χ4n) is 4.33. The number of nitrogens with two attached hydrogens (primary N) is 2. The second-order valence-corrected chi connectivity index (χ2v) is 23.8. The molecule has 4 aromatic heterocycles. The van der Waals surface area contributed by atoms with Crippen molar-refractivity contribution in [2.75, 3.05) is 57.6 Å². The van der Waals surface area contributed by atoms with Gasteiger partial charge in [0, 0.05) is 6.54 Å². The summed E-state index contributed by atoms with van der Waals surface area (Å²) in [4.78, 5) is 73.6. The highest BCUT2D eigenvalue weighted by molar-refractivity contribution is 7.54. The molecule has 0 aromatic carbocycles. The first kappa shape index (κ1) is 62.0. The van der Waals surface area contributed by atoms with Gasteiger partial charge in [0.15, 0.2) is 21.6 Å². The maximum Gasteiger partial charge on any atom is 0.340 e. The molecule has 4 heterocycles. The molecule has 0 unspecified atom stereocenters. The number of esters is 4. The second-order valence-electron chi connectivity index (χ2n) is 18.8. The number of allylic oxidation sites excluding steroid dienone is 3. The van der Waals surface area contributed by atoms with Crippen molar-refractivity contribution >= 4 is 96.5 Å². The Kier molecular flexibility index (Phi) is 23.7. The van der Waals surface area contributed by atoms with Gasteiger partial charge in [-0.25, -0.2) is 9.97 Å². The van der Waals surface area contributed by atoms with Crippen LogP contribution in [0.3, 0.4) is 0 Å². The van der Waals surface area contributed by atoms with E-state index in [1.165, 1.54) is 24.8 Å². The van der Waals surface area contributed by atoms with Crippen molar-refractivity contribution in [3.8, 4) is 0 Å². The van der Waals surface area contributed by atoms with Crippen molar-refractivity contribution in [3.63, 3.8) is 0 Å². The molecule has 71 heavy (non-hydrogen) atoms. The van der Waals surface area contributed by atoms with E-state index in [2.05, 4.69) is 34.9 Å². The number of rotatable bonds is 19. The summed E-state index contributed by atoms with van der Waals surface area (Å²) in [6.45, 7) is 17.8. The zero-order valence-corrected chi connectivity index (χ0v) is 45.0. The Morgan fingerprint density at radius 2 is 1.01 bits per heavy atom. The molecule has 0 aliphatic rings. The van der Waals surface area contributed by atoms with Gasteiger partial charge in [0.25, 0.3) is 0 Å². The molecule has 0 aliphatic heterocycles. The number of nitrogen functional groups attached to an aromatic ring is 2. The Morgan fingerprint density at radius 3 is 1.42 bits per heavy atom. The van der Waals surface area contributed by atoms with Crippen molar-refractivity contribution in [2.24, 2.45) is 21.7 Å². The Labute approximate surface area is 421 Å². The summed E-state index contributed by atoms with van der Waals surface area (Å²) in [7, 11) is -7.56. The van der Waals surface area contributed by atoms with Crippen LogP contribution in [0.2, 0.25) is 10.3 Å². The number of aromatic amines is 1. The van der Waals surface area contributed by atoms with Crippen molar-refractivity contribution in [2.45, 2.75) is 89.6 Å². The highest BCUT2D eigenvalue weighted by Gasteiger charge is 2.31. The molecule has 0 bridgehead atoms. The van der Waals surface area contributed by atoms with E-state index in [0.29, 0.717) is 34.0 Å². The number of H-pyrrole nitrogens is 1. The van der Waals surface area contributed by atoms with E-state index in [4.69, 9.17) is 76.8 Å². The standard InChI is InChI=1S/C21H31ClN5O7P.C16H29O8P.C5H4ClN5/c1-20(2,3)17(28)31-12-33-35(30,34-13-32-18(29)21(4,5)6)10-8-7-9-27-11-24-14-15(22)25-19(23)26-16(14)27;1-15(2,3)13(18)21-11-23-25(20,10-8-7-9-17)24-12-22-14(19)16(4,5)6;6-3-2-4(9-1-8-2)11-5(7)10-3/h7-8,11H,9-10,12-13H2,1-6H3,(H2,23,25,26);7-8,17H,9-12H2,1-6H3;1H,(H3,7,8,9,10,11)/b2*8-7+;. The Hall–Kier alpha value is -5.10. The average Bonchev–Trinajstić information content (AvgIpc) is 3.89. The minimum Gasteiger partial charge on any atom is -0.438 e. The molecule has 0 spiro atoms. The number of fused-ring (bicyclic) bond motifs is 2. The number of hydrogen-bond donors (Lipinski definition) is 4. The zero-order chi connectivity index (χ0) is 54.0. The van der Waals surface area contributed by atoms with Gasteiger partial charge in [-0.05, 0) is 83.1 Å². The van der Waals surface area contributed by atoms with Crippen LogP contribution < -0.4 is 11.5 Å². The first-order valence-corrected chi connectivity index (χ1v) is 25.5. The van der Waals surface area contributed by atoms with Crippen LogP contribution in [0.4, 0.5) is 11.9 Å². The SMILES string of the molecule is CC(C)(C)C(=O)OCOP(=O)(C/C=C/CO)OCOC(=O)C(C)(C)C.CC(C)(C)C(=O)OCOP(=O)(C/C=C/Cn1cnc2c(Cl)nc(N)nc21)OCOC(=O)C(C)(C)C.Nc1nc(Cl)c2[nH]cnc2n1. The monoisotopic (exact) mass is 1080 g/mol. The van der Waals surface area contributed by atoms with Gasteiger partial charge in [0.05, 0.1) is 53.2 Å². The smallest absolute Gasteiger partial charge is 0.340 e. The normalized spacial score (nSPS) is 12.6. The van der Waals surface area contributed by atoms with Gasteiger partial charge in [-0.2, -0.15) is 19.9 Å². The van der Waals surface area contributed by atoms with E-state index < -0.39 is 87.9 Å². The molecule has 0 saturated carbocycles. The van der Waals surface area contributed by atoms with Gasteiger partial charge in [0.1, 0.15) is 11.0 Å². The van der Waals surface area contributed by atoms with E-state index in [0.717, 1.165) is 0 Å². The van der Waals surface area contributed by atoms with Crippen molar-refractivity contribution in [1.29, 1.82) is 0 Å². The molecule has 4 aromatic rings. The van der Waals surface area contributed by atoms with E-state index in [1.54, 1.807) is 99.8 Å². The van der Waals surface area contributed by atoms with Crippen molar-refractivity contribution < 1.29 is 70.5 Å². The van der Waals surface area contributed by atoms with Crippen molar-refractivity contribution in [3.05, 3.63) is 47.3 Å². The highest BCUT2D eigenvalue weighted by atomic mass is 35.5. The van der Waals surface area contributed by atoms with E-state index in [9.17, 15) is 28.3 Å². The van der Waals surface area contributed by atoms with Crippen LogP contribution in [0, 0.1) is 21.7 Å². The minimum atomic E-state index is -3.84. The Bertz CT molecular complexity index is 2510. The number of aliphatic hydroxyl groups is 1. The summed E-state index contributed by atoms with van der Waals surface area (Å²) in [5.41, 5.74) is 9.92. The number of anilines is 2. The highest BCUT2D eigenvalue weighted by Crippen LogP contribution is 2.49. The lowest BCUT2D eigenvalue weighted by atomic mass is 9.98. The van der Waals surface area contributed by atoms with E-state index >= 15 is 0 Å². The van der Waals surface area contributed by atoms with Crippen LogP contribution in [0.15, 0.2) is 37.0 Å². The second kappa shape index (κ2) is 27.1. The fraction of sp³-hybridized carbons (Fsp3) is 0.571. The summed E-state index contributed by atoms with van der Waals surface area (Å²) >= 11 is 11.7. The summed E-state index contributed by atoms with van der Waals surface area (Å²) in [6, 6.07) is 0. The largest absolute Gasteiger partial charge is 0.438 e. The maximum atomic E-state index is 13.2. The number of imidazole rings is 2.